The van der Waals surface area contributed by atoms with Crippen molar-refractivity contribution in [1.82, 2.24) is 10.2 Å². The Kier molecular flexibility index (Phi) is 4.63. The van der Waals surface area contributed by atoms with Gasteiger partial charge in [-0.3, -0.25) is 4.79 Å². The van der Waals surface area contributed by atoms with Gasteiger partial charge in [0.1, 0.15) is 12.4 Å². The Bertz CT molecular complexity index is 787. The van der Waals surface area contributed by atoms with Gasteiger partial charge in [0.15, 0.2) is 0 Å². The van der Waals surface area contributed by atoms with E-state index in [-0.39, 0.29) is 34.7 Å². The predicted molar refractivity (Wildman–Crippen MR) is 104 cm³/mol. The zero-order valence-electron chi connectivity index (χ0n) is 16.9. The molecule has 5 nitrogen and oxygen atoms in total. The van der Waals surface area contributed by atoms with E-state index in [1.807, 2.05) is 37.8 Å². The molecule has 1 saturated carbocycles. The third kappa shape index (κ3) is 3.49. The molecule has 0 unspecified atom stereocenters. The summed E-state index contributed by atoms with van der Waals surface area (Å²) in [5.74, 6) is 0.392. The molecule has 1 aromatic carbocycles. The topological polar surface area (TPSA) is 58.6 Å². The standard InChI is InChI=1S/C22H29FN2O3/c1-21(2,3)17-10-15(4-5-18(17)23)14-6-8-25(9-7-14)19(26)16-11-22(12-16)13-28-20(27)24-22/h4-5,10,14,16H,6-9,11-13H2,1-3H3,(H,24,27)/t16-,22+. The molecule has 1 aliphatic carbocycles. The quantitative estimate of drug-likeness (QED) is 0.840. The number of hydrogen-bond acceptors (Lipinski definition) is 3. The van der Waals surface area contributed by atoms with E-state index in [1.165, 1.54) is 5.56 Å². The van der Waals surface area contributed by atoms with E-state index in [0.29, 0.717) is 25.4 Å². The number of piperidine rings is 1. The van der Waals surface area contributed by atoms with E-state index in [9.17, 15) is 14.0 Å². The summed E-state index contributed by atoms with van der Waals surface area (Å²) in [6.07, 6.45) is 2.77. The second-order valence-corrected chi connectivity index (χ2v) is 9.68. The number of amides is 2. The van der Waals surface area contributed by atoms with Crippen LogP contribution in [0.15, 0.2) is 18.2 Å². The number of benzene rings is 1. The van der Waals surface area contributed by atoms with Crippen LogP contribution in [-0.4, -0.2) is 42.1 Å². The Labute approximate surface area is 165 Å². The van der Waals surface area contributed by atoms with Crippen molar-refractivity contribution in [3.8, 4) is 0 Å². The van der Waals surface area contributed by atoms with E-state index in [1.54, 1.807) is 6.07 Å². The van der Waals surface area contributed by atoms with Gasteiger partial charge in [-0.25, -0.2) is 9.18 Å². The minimum atomic E-state index is -0.374. The van der Waals surface area contributed by atoms with Crippen molar-refractivity contribution in [2.45, 2.75) is 63.3 Å². The number of alkyl carbamates (subject to hydrolysis) is 1. The van der Waals surface area contributed by atoms with Gasteiger partial charge >= 0.3 is 6.09 Å². The minimum Gasteiger partial charge on any atom is -0.447 e. The van der Waals surface area contributed by atoms with Gasteiger partial charge in [0, 0.05) is 19.0 Å². The van der Waals surface area contributed by atoms with Crippen molar-refractivity contribution in [3.63, 3.8) is 0 Å². The predicted octanol–water partition coefficient (Wildman–Crippen LogP) is 3.72. The van der Waals surface area contributed by atoms with E-state index in [4.69, 9.17) is 4.74 Å². The highest BCUT2D eigenvalue weighted by molar-refractivity contribution is 5.81. The lowest BCUT2D eigenvalue weighted by atomic mass is 9.68. The summed E-state index contributed by atoms with van der Waals surface area (Å²) in [6, 6.07) is 5.49. The van der Waals surface area contributed by atoms with Gasteiger partial charge in [-0.05, 0) is 54.2 Å². The number of nitrogens with one attached hydrogen (secondary N) is 1. The number of likely N-dealkylation sites (tertiary alicyclic amines) is 1. The first kappa shape index (κ1) is 19.2. The number of rotatable bonds is 2. The molecule has 2 aliphatic heterocycles. The molecule has 2 amide bonds. The zero-order valence-corrected chi connectivity index (χ0v) is 16.9. The number of ether oxygens (including phenoxy) is 1. The minimum absolute atomic E-state index is 0.0168. The highest BCUT2D eigenvalue weighted by Gasteiger charge is 2.53. The summed E-state index contributed by atoms with van der Waals surface area (Å²) in [5.41, 5.74) is 1.39. The average Bonchev–Trinajstić information content (AvgIpc) is 3.02. The Morgan fingerprint density at radius 3 is 2.50 bits per heavy atom. The lowest BCUT2D eigenvalue weighted by Crippen LogP contribution is -2.58. The molecule has 0 atom stereocenters. The summed E-state index contributed by atoms with van der Waals surface area (Å²) < 4.78 is 19.2. The van der Waals surface area contributed by atoms with Gasteiger partial charge in [-0.1, -0.05) is 32.9 Å². The summed E-state index contributed by atoms with van der Waals surface area (Å²) >= 11 is 0. The summed E-state index contributed by atoms with van der Waals surface area (Å²) in [5, 5.41) is 2.84. The van der Waals surface area contributed by atoms with Crippen LogP contribution in [-0.2, 0) is 14.9 Å². The molecule has 2 heterocycles. The Morgan fingerprint density at radius 2 is 1.93 bits per heavy atom. The molecule has 0 radical (unpaired) electrons. The van der Waals surface area contributed by atoms with Crippen LogP contribution in [0.1, 0.15) is 63.5 Å². The first-order chi connectivity index (χ1) is 13.2. The number of nitrogens with zero attached hydrogens (tertiary/aromatic N) is 1. The fourth-order valence-electron chi connectivity index (χ4n) is 4.83. The summed E-state index contributed by atoms with van der Waals surface area (Å²) in [4.78, 5) is 26.0. The Hall–Kier alpha value is -2.11. The maximum absolute atomic E-state index is 14.2. The SMILES string of the molecule is CC(C)(C)c1cc(C2CCN(C(=O)[C@H]3C[C@]4(COC(=O)N4)C3)CC2)ccc1F. The smallest absolute Gasteiger partial charge is 0.407 e. The first-order valence-corrected chi connectivity index (χ1v) is 10.2. The van der Waals surface area contributed by atoms with Gasteiger partial charge in [0.05, 0.1) is 5.54 Å². The molecule has 28 heavy (non-hydrogen) atoms. The monoisotopic (exact) mass is 388 g/mol. The van der Waals surface area contributed by atoms with Gasteiger partial charge in [0.2, 0.25) is 5.91 Å². The number of carbonyl (C=O) groups excluding carboxylic acids is 2. The average molecular weight is 388 g/mol. The van der Waals surface area contributed by atoms with Crippen LogP contribution in [0.25, 0.3) is 0 Å². The lowest BCUT2D eigenvalue weighted by Gasteiger charge is -2.45. The van der Waals surface area contributed by atoms with E-state index >= 15 is 0 Å². The lowest BCUT2D eigenvalue weighted by molar-refractivity contribution is -0.142. The van der Waals surface area contributed by atoms with E-state index in [0.717, 1.165) is 31.5 Å². The third-order valence-electron chi connectivity index (χ3n) is 6.55. The van der Waals surface area contributed by atoms with Gasteiger partial charge < -0.3 is 15.0 Å². The van der Waals surface area contributed by atoms with Crippen molar-refractivity contribution in [3.05, 3.63) is 35.1 Å². The largest absolute Gasteiger partial charge is 0.447 e. The number of hydrogen-bond donors (Lipinski definition) is 1. The molecule has 0 aromatic heterocycles. The van der Waals surface area contributed by atoms with Crippen LogP contribution < -0.4 is 5.32 Å². The maximum Gasteiger partial charge on any atom is 0.407 e. The molecule has 3 fully saturated rings. The molecule has 2 saturated heterocycles. The molecule has 152 valence electrons. The molecule has 4 rings (SSSR count). The maximum atomic E-state index is 14.2. The van der Waals surface area contributed by atoms with Crippen LogP contribution in [0.3, 0.4) is 0 Å². The van der Waals surface area contributed by atoms with Crippen molar-refractivity contribution in [2.75, 3.05) is 19.7 Å². The fraction of sp³-hybridized carbons (Fsp3) is 0.636. The van der Waals surface area contributed by atoms with Crippen LogP contribution >= 0.6 is 0 Å². The molecule has 6 heteroatoms. The van der Waals surface area contributed by atoms with Crippen molar-refractivity contribution >= 4 is 12.0 Å². The summed E-state index contributed by atoms with van der Waals surface area (Å²) in [7, 11) is 0. The molecule has 0 bridgehead atoms. The normalized spacial score (nSPS) is 28.1. The van der Waals surface area contributed by atoms with Crippen LogP contribution in [0.2, 0.25) is 0 Å². The van der Waals surface area contributed by atoms with Crippen molar-refractivity contribution in [1.29, 1.82) is 0 Å². The molecule has 3 aliphatic rings. The Balaban J connectivity index is 1.34. The first-order valence-electron chi connectivity index (χ1n) is 10.2. The molecular formula is C22H29FN2O3. The van der Waals surface area contributed by atoms with Crippen LogP contribution in [0.5, 0.6) is 0 Å². The highest BCUT2D eigenvalue weighted by atomic mass is 19.1. The molecular weight excluding hydrogens is 359 g/mol. The second kappa shape index (κ2) is 6.75. The van der Waals surface area contributed by atoms with E-state index in [2.05, 4.69) is 5.32 Å². The number of halogens is 1. The fourth-order valence-corrected chi connectivity index (χ4v) is 4.83. The zero-order chi connectivity index (χ0) is 20.1. The molecule has 1 spiro atoms. The van der Waals surface area contributed by atoms with Crippen molar-refractivity contribution < 1.29 is 18.7 Å². The van der Waals surface area contributed by atoms with Crippen LogP contribution in [0.4, 0.5) is 9.18 Å². The van der Waals surface area contributed by atoms with Crippen molar-refractivity contribution in [2.24, 2.45) is 5.92 Å². The number of cyclic esters (lactones) is 1. The van der Waals surface area contributed by atoms with Crippen LogP contribution in [0, 0.1) is 11.7 Å². The second-order valence-electron chi connectivity index (χ2n) is 9.68. The molecule has 1 aromatic rings. The number of carbonyl (C=O) groups is 2. The summed E-state index contributed by atoms with van der Waals surface area (Å²) in [6.45, 7) is 7.92. The molecule has 1 N–H and O–H groups in total. The third-order valence-corrected chi connectivity index (χ3v) is 6.55. The van der Waals surface area contributed by atoms with Gasteiger partial charge in [-0.2, -0.15) is 0 Å². The highest BCUT2D eigenvalue weighted by Crippen LogP contribution is 2.42. The van der Waals surface area contributed by atoms with Gasteiger partial charge in [0.25, 0.3) is 0 Å². The van der Waals surface area contributed by atoms with Gasteiger partial charge in [-0.15, -0.1) is 0 Å². The van der Waals surface area contributed by atoms with E-state index < -0.39 is 0 Å². The Morgan fingerprint density at radius 1 is 1.25 bits per heavy atom.